The molecule has 0 aliphatic rings. The Hall–Kier alpha value is -1.06. The smallest absolute Gasteiger partial charge is 0.0401 e. The number of hydrogen-bond donors (Lipinski definition) is 3. The van der Waals surface area contributed by atoms with Gasteiger partial charge in [0.1, 0.15) is 0 Å². The number of para-hydroxylation sites is 1. The van der Waals surface area contributed by atoms with Crippen molar-refractivity contribution in [2.24, 2.45) is 0 Å². The summed E-state index contributed by atoms with van der Waals surface area (Å²) in [6.07, 6.45) is 0. The molecule has 82 valence electrons. The first kappa shape index (κ1) is 11.4. The molecule has 1 N–H and O–H groups in total. The minimum Gasteiger partial charge on any atom is -0.381 e. The number of benzene rings is 2. The van der Waals surface area contributed by atoms with Gasteiger partial charge in [0.25, 0.3) is 0 Å². The van der Waals surface area contributed by atoms with Crippen LogP contribution in [0.4, 0.5) is 5.69 Å². The average Bonchev–Trinajstić information content (AvgIpc) is 2.32. The highest BCUT2D eigenvalue weighted by Gasteiger charge is 1.97. The fourth-order valence-corrected chi connectivity index (χ4v) is 1.82. The highest BCUT2D eigenvalue weighted by molar-refractivity contribution is 7.83. The van der Waals surface area contributed by atoms with E-state index in [1.807, 2.05) is 30.3 Å². The van der Waals surface area contributed by atoms with Crippen molar-refractivity contribution in [3.05, 3.63) is 54.1 Å². The summed E-state index contributed by atoms with van der Waals surface area (Å²) in [7, 11) is 0. The van der Waals surface area contributed by atoms with Crippen LogP contribution in [0.15, 0.2) is 58.3 Å². The number of hydrogen-bond acceptors (Lipinski definition) is 3. The van der Waals surface area contributed by atoms with Crippen LogP contribution in [-0.2, 0) is 6.54 Å². The van der Waals surface area contributed by atoms with Gasteiger partial charge in [0.2, 0.25) is 0 Å². The molecule has 1 nitrogen and oxygen atoms in total. The Morgan fingerprint density at radius 1 is 0.875 bits per heavy atom. The molecule has 0 heterocycles. The van der Waals surface area contributed by atoms with Gasteiger partial charge in [-0.2, -0.15) is 0 Å². The summed E-state index contributed by atoms with van der Waals surface area (Å²) >= 11 is 8.63. The van der Waals surface area contributed by atoms with E-state index in [2.05, 4.69) is 48.8 Å². The summed E-state index contributed by atoms with van der Waals surface area (Å²) in [5.41, 5.74) is 2.32. The van der Waals surface area contributed by atoms with Crippen LogP contribution in [0.2, 0.25) is 0 Å². The molecule has 3 heteroatoms. The summed E-state index contributed by atoms with van der Waals surface area (Å²) in [5, 5.41) is 3.35. The average molecular weight is 247 g/mol. The predicted octanol–water partition coefficient (Wildman–Crippen LogP) is 3.88. The van der Waals surface area contributed by atoms with Crippen molar-refractivity contribution in [1.82, 2.24) is 0 Å². The highest BCUT2D eigenvalue weighted by Crippen LogP contribution is 2.19. The Labute approximate surface area is 107 Å². The van der Waals surface area contributed by atoms with E-state index in [1.165, 1.54) is 5.56 Å². The van der Waals surface area contributed by atoms with Gasteiger partial charge in [-0.25, -0.2) is 0 Å². The van der Waals surface area contributed by atoms with Crippen molar-refractivity contribution in [1.29, 1.82) is 0 Å². The van der Waals surface area contributed by atoms with E-state index < -0.39 is 0 Å². The lowest BCUT2D eigenvalue weighted by Gasteiger charge is -2.07. The maximum atomic E-state index is 4.34. The van der Waals surface area contributed by atoms with Crippen LogP contribution < -0.4 is 5.32 Å². The molecule has 0 aliphatic carbocycles. The second kappa shape index (κ2) is 5.32. The first-order chi connectivity index (χ1) is 7.75. The van der Waals surface area contributed by atoms with Crippen LogP contribution in [0.1, 0.15) is 5.56 Å². The fraction of sp³-hybridized carbons (Fsp3) is 0.0769. The molecule has 0 aromatic heterocycles. The number of thiol groups is 2. The van der Waals surface area contributed by atoms with Crippen LogP contribution >= 0.6 is 25.3 Å². The van der Waals surface area contributed by atoms with Crippen LogP contribution in [0.5, 0.6) is 0 Å². The van der Waals surface area contributed by atoms with E-state index in [4.69, 9.17) is 0 Å². The lowest BCUT2D eigenvalue weighted by molar-refractivity contribution is 1.11. The van der Waals surface area contributed by atoms with Gasteiger partial charge < -0.3 is 5.32 Å². The van der Waals surface area contributed by atoms with Gasteiger partial charge in [0.05, 0.1) is 0 Å². The minimum atomic E-state index is 0.797. The van der Waals surface area contributed by atoms with Gasteiger partial charge in [-0.05, 0) is 29.8 Å². The summed E-state index contributed by atoms with van der Waals surface area (Å²) in [6, 6.07) is 16.2. The van der Waals surface area contributed by atoms with Crippen molar-refractivity contribution in [2.75, 3.05) is 5.32 Å². The molecule has 0 radical (unpaired) electrons. The van der Waals surface area contributed by atoms with Crippen molar-refractivity contribution in [3.8, 4) is 0 Å². The lowest BCUT2D eigenvalue weighted by Crippen LogP contribution is -1.98. The molecule has 16 heavy (non-hydrogen) atoms. The number of anilines is 1. The number of nitrogens with one attached hydrogen (secondary N) is 1. The van der Waals surface area contributed by atoms with Crippen molar-refractivity contribution < 1.29 is 0 Å². The van der Waals surface area contributed by atoms with Crippen molar-refractivity contribution in [2.45, 2.75) is 16.3 Å². The van der Waals surface area contributed by atoms with Gasteiger partial charge in [-0.3, -0.25) is 0 Å². The van der Waals surface area contributed by atoms with Gasteiger partial charge >= 0.3 is 0 Å². The third-order valence-electron chi connectivity index (χ3n) is 2.31. The molecule has 0 atom stereocenters. The molecular formula is C13H13NS2. The molecule has 2 aromatic carbocycles. The quantitative estimate of drug-likeness (QED) is 0.699. The molecule has 0 saturated carbocycles. The first-order valence-corrected chi connectivity index (χ1v) is 5.95. The van der Waals surface area contributed by atoms with Crippen LogP contribution in [0.25, 0.3) is 0 Å². The zero-order valence-corrected chi connectivity index (χ0v) is 10.5. The van der Waals surface area contributed by atoms with Crippen LogP contribution in [-0.4, -0.2) is 0 Å². The summed E-state index contributed by atoms with van der Waals surface area (Å²) in [6.45, 7) is 0.797. The summed E-state index contributed by atoms with van der Waals surface area (Å²) in [4.78, 5) is 1.82. The van der Waals surface area contributed by atoms with Gasteiger partial charge in [-0.15, -0.1) is 25.3 Å². The first-order valence-electron chi connectivity index (χ1n) is 5.05. The maximum absolute atomic E-state index is 4.34. The van der Waals surface area contributed by atoms with Gasteiger partial charge in [0, 0.05) is 22.0 Å². The van der Waals surface area contributed by atoms with E-state index in [0.717, 1.165) is 22.0 Å². The normalized spacial score (nSPS) is 10.1. The van der Waals surface area contributed by atoms with E-state index in [-0.39, 0.29) is 0 Å². The Kier molecular flexibility index (Phi) is 3.80. The Morgan fingerprint density at radius 3 is 2.31 bits per heavy atom. The highest BCUT2D eigenvalue weighted by atomic mass is 32.1. The van der Waals surface area contributed by atoms with E-state index in [1.54, 1.807) is 0 Å². The Morgan fingerprint density at radius 2 is 1.62 bits per heavy atom. The van der Waals surface area contributed by atoms with E-state index in [9.17, 15) is 0 Å². The van der Waals surface area contributed by atoms with Gasteiger partial charge in [-0.1, -0.05) is 24.3 Å². The zero-order valence-electron chi connectivity index (χ0n) is 8.72. The second-order valence-electron chi connectivity index (χ2n) is 3.54. The monoisotopic (exact) mass is 247 g/mol. The molecular weight excluding hydrogens is 234 g/mol. The third-order valence-corrected chi connectivity index (χ3v) is 3.25. The zero-order chi connectivity index (χ0) is 11.4. The molecule has 0 saturated heterocycles. The second-order valence-corrected chi connectivity index (χ2v) is 4.51. The Balaban J connectivity index is 2.03. The summed E-state index contributed by atoms with van der Waals surface area (Å²) in [5.74, 6) is 0. The van der Waals surface area contributed by atoms with Gasteiger partial charge in [0.15, 0.2) is 0 Å². The van der Waals surface area contributed by atoms with E-state index >= 15 is 0 Å². The minimum absolute atomic E-state index is 0.797. The molecule has 0 fully saturated rings. The van der Waals surface area contributed by atoms with E-state index in [0.29, 0.717) is 0 Å². The maximum Gasteiger partial charge on any atom is 0.0401 e. The molecule has 0 aliphatic heterocycles. The van der Waals surface area contributed by atoms with Crippen molar-refractivity contribution in [3.63, 3.8) is 0 Å². The third kappa shape index (κ3) is 2.97. The molecule has 2 aromatic rings. The number of rotatable bonds is 3. The standard InChI is InChI=1S/C13H13NS2/c15-12-7-6-10(8-13(12)16)9-14-11-4-2-1-3-5-11/h1-8,14-16H,9H2. The summed E-state index contributed by atoms with van der Waals surface area (Å²) < 4.78 is 0. The lowest BCUT2D eigenvalue weighted by atomic mass is 10.2. The molecule has 0 unspecified atom stereocenters. The topological polar surface area (TPSA) is 12.0 Å². The predicted molar refractivity (Wildman–Crippen MR) is 74.7 cm³/mol. The van der Waals surface area contributed by atoms with Crippen LogP contribution in [0.3, 0.4) is 0 Å². The molecule has 2 rings (SSSR count). The SMILES string of the molecule is Sc1ccc(CNc2ccccc2)cc1S. The largest absolute Gasteiger partial charge is 0.381 e. The molecule has 0 spiro atoms. The molecule has 0 bridgehead atoms. The van der Waals surface area contributed by atoms with Crippen molar-refractivity contribution >= 4 is 30.9 Å². The molecule has 0 amide bonds. The van der Waals surface area contributed by atoms with Crippen LogP contribution in [0, 0.1) is 0 Å². The Bertz CT molecular complexity index is 469. The fourth-order valence-electron chi connectivity index (χ4n) is 1.44.